The van der Waals surface area contributed by atoms with E-state index in [1.165, 1.54) is 11.6 Å². The Morgan fingerprint density at radius 1 is 0.889 bits per heavy atom. The highest BCUT2D eigenvalue weighted by atomic mass is 35.5. The van der Waals surface area contributed by atoms with Crippen LogP contribution >= 0.6 is 11.6 Å². The van der Waals surface area contributed by atoms with Crippen LogP contribution < -0.4 is 16.0 Å². The van der Waals surface area contributed by atoms with Crippen molar-refractivity contribution in [1.82, 2.24) is 4.90 Å². The van der Waals surface area contributed by atoms with Gasteiger partial charge in [0, 0.05) is 40.5 Å². The number of fused-ring (bicyclic) bond motifs is 4. The number of hydrogen-bond acceptors (Lipinski definition) is 6. The quantitative estimate of drug-likeness (QED) is 0.276. The van der Waals surface area contributed by atoms with Gasteiger partial charge in [0.15, 0.2) is 0 Å². The highest BCUT2D eigenvalue weighted by Gasteiger charge is 2.23. The van der Waals surface area contributed by atoms with E-state index in [0.717, 1.165) is 24.9 Å². The van der Waals surface area contributed by atoms with Crippen molar-refractivity contribution in [2.45, 2.75) is 19.4 Å². The molecule has 1 aliphatic heterocycles. The molecule has 0 amide bonds. The summed E-state index contributed by atoms with van der Waals surface area (Å²) in [5.74, 6) is 0.680. The number of hydrogen-bond donors (Lipinski definition) is 0. The van der Waals surface area contributed by atoms with E-state index in [-0.39, 0.29) is 5.56 Å². The number of halogens is 1. The van der Waals surface area contributed by atoms with E-state index in [0.29, 0.717) is 51.5 Å². The van der Waals surface area contributed by atoms with Gasteiger partial charge in [0.1, 0.15) is 23.6 Å². The largest absolute Gasteiger partial charge is 0.478 e. The predicted molar refractivity (Wildman–Crippen MR) is 140 cm³/mol. The van der Waals surface area contributed by atoms with Crippen molar-refractivity contribution < 1.29 is 13.6 Å². The molecule has 0 atom stereocenters. The van der Waals surface area contributed by atoms with Gasteiger partial charge in [-0.1, -0.05) is 41.9 Å². The fraction of sp³-hybridized carbons (Fsp3) is 0.172. The Labute approximate surface area is 211 Å². The molecule has 180 valence electrons. The zero-order valence-electron chi connectivity index (χ0n) is 19.3. The molecular formula is C29H22ClNO5. The lowest BCUT2D eigenvalue weighted by molar-refractivity contribution is 0.0946. The van der Waals surface area contributed by atoms with Gasteiger partial charge in [-0.2, -0.15) is 0 Å². The summed E-state index contributed by atoms with van der Waals surface area (Å²) in [5, 5.41) is 1.85. The molecule has 0 spiro atoms. The topological polar surface area (TPSA) is 72.9 Å². The molecule has 0 N–H and O–H groups in total. The summed E-state index contributed by atoms with van der Waals surface area (Å²) in [7, 11) is 0. The smallest absolute Gasteiger partial charge is 0.344 e. The summed E-state index contributed by atoms with van der Waals surface area (Å²) < 4.78 is 17.2. The second kappa shape index (κ2) is 9.30. The van der Waals surface area contributed by atoms with Gasteiger partial charge in [-0.25, -0.2) is 9.59 Å². The van der Waals surface area contributed by atoms with E-state index in [2.05, 4.69) is 17.0 Å². The molecule has 0 saturated carbocycles. The van der Waals surface area contributed by atoms with E-state index in [1.54, 1.807) is 24.3 Å². The fourth-order valence-corrected chi connectivity index (χ4v) is 4.96. The number of rotatable bonds is 5. The molecule has 7 heteroatoms. The number of aryl methyl sites for hydroxylation is 1. The van der Waals surface area contributed by atoms with Crippen molar-refractivity contribution >= 4 is 33.5 Å². The van der Waals surface area contributed by atoms with Crippen LogP contribution in [0, 0.1) is 0 Å². The normalized spacial score (nSPS) is 13.6. The van der Waals surface area contributed by atoms with Crippen LogP contribution in [0.5, 0.6) is 5.75 Å². The molecule has 6 rings (SSSR count). The van der Waals surface area contributed by atoms with Gasteiger partial charge in [0.25, 0.3) is 0 Å². The molecule has 0 aliphatic carbocycles. The van der Waals surface area contributed by atoms with Gasteiger partial charge < -0.3 is 13.6 Å². The minimum atomic E-state index is -0.544. The van der Waals surface area contributed by atoms with E-state index in [9.17, 15) is 9.59 Å². The first-order valence-electron chi connectivity index (χ1n) is 11.8. The van der Waals surface area contributed by atoms with Crippen molar-refractivity contribution in [3.05, 3.63) is 110 Å². The second-order valence-corrected chi connectivity index (χ2v) is 9.38. The van der Waals surface area contributed by atoms with Gasteiger partial charge in [-0.15, -0.1) is 0 Å². The summed E-state index contributed by atoms with van der Waals surface area (Å²) in [6, 6.07) is 22.1. The van der Waals surface area contributed by atoms with Crippen LogP contribution in [0.2, 0.25) is 5.02 Å². The van der Waals surface area contributed by atoms with Gasteiger partial charge in [-0.05, 0) is 54.8 Å². The zero-order valence-corrected chi connectivity index (χ0v) is 20.1. The summed E-state index contributed by atoms with van der Waals surface area (Å²) >= 11 is 6.14. The van der Waals surface area contributed by atoms with Crippen molar-refractivity contribution in [3.8, 4) is 16.9 Å². The molecular weight excluding hydrogens is 478 g/mol. The van der Waals surface area contributed by atoms with Crippen molar-refractivity contribution in [1.29, 1.82) is 0 Å². The first-order valence-corrected chi connectivity index (χ1v) is 12.2. The highest BCUT2D eigenvalue weighted by Crippen LogP contribution is 2.36. The Morgan fingerprint density at radius 3 is 2.61 bits per heavy atom. The Bertz CT molecular complexity index is 1710. The van der Waals surface area contributed by atoms with E-state index >= 15 is 0 Å². The molecule has 0 saturated heterocycles. The maximum absolute atomic E-state index is 12.9. The van der Waals surface area contributed by atoms with Crippen LogP contribution in [0.4, 0.5) is 0 Å². The highest BCUT2D eigenvalue weighted by molar-refractivity contribution is 6.31. The van der Waals surface area contributed by atoms with Crippen LogP contribution in [-0.2, 0) is 13.0 Å². The third-order valence-electron chi connectivity index (χ3n) is 6.52. The third kappa shape index (κ3) is 4.30. The average Bonchev–Trinajstić information content (AvgIpc) is 2.88. The van der Waals surface area contributed by atoms with Gasteiger partial charge in [-0.3, -0.25) is 4.90 Å². The molecule has 0 unspecified atom stereocenters. The Balaban J connectivity index is 1.37. The maximum atomic E-state index is 12.9. The summed E-state index contributed by atoms with van der Waals surface area (Å²) in [6.07, 6.45) is 1.95. The minimum Gasteiger partial charge on any atom is -0.478 e. The van der Waals surface area contributed by atoms with Crippen LogP contribution in [0.3, 0.4) is 0 Å². The molecule has 6 nitrogen and oxygen atoms in total. The molecule has 0 fully saturated rings. The van der Waals surface area contributed by atoms with Gasteiger partial charge >= 0.3 is 11.3 Å². The predicted octanol–water partition coefficient (Wildman–Crippen LogP) is 6.00. The first-order chi connectivity index (χ1) is 17.5. The molecule has 1 aliphatic rings. The molecule has 3 aromatic carbocycles. The first kappa shape index (κ1) is 22.6. The van der Waals surface area contributed by atoms with Gasteiger partial charge in [0.2, 0.25) is 0 Å². The number of benzene rings is 3. The number of nitrogens with zero attached hydrogens (tertiary/aromatic N) is 1. The lowest BCUT2D eigenvalue weighted by atomic mass is 9.99. The monoisotopic (exact) mass is 499 g/mol. The van der Waals surface area contributed by atoms with Gasteiger partial charge in [0.05, 0.1) is 11.1 Å². The summed E-state index contributed by atoms with van der Waals surface area (Å²) in [4.78, 5) is 27.7. The third-order valence-corrected chi connectivity index (χ3v) is 6.76. The van der Waals surface area contributed by atoms with E-state index in [1.807, 2.05) is 30.3 Å². The van der Waals surface area contributed by atoms with Crippen LogP contribution in [0.25, 0.3) is 33.1 Å². The maximum Gasteiger partial charge on any atom is 0.344 e. The standard InChI is InChI=1S/C29H22ClNO5/c30-20-8-10-25-19(13-20)14-23(29(33)35-25)22-15-27(32)36-28-21(22)9-11-26-24(28)16-31(17-34-26)12-4-7-18-5-2-1-3-6-18/h1-3,5-6,8-11,13-15H,4,7,12,16-17H2. The van der Waals surface area contributed by atoms with E-state index < -0.39 is 11.3 Å². The molecule has 36 heavy (non-hydrogen) atoms. The zero-order chi connectivity index (χ0) is 24.6. The lowest BCUT2D eigenvalue weighted by Crippen LogP contribution is -2.33. The second-order valence-electron chi connectivity index (χ2n) is 8.94. The van der Waals surface area contributed by atoms with Crippen molar-refractivity contribution in [3.63, 3.8) is 0 Å². The van der Waals surface area contributed by atoms with Crippen LogP contribution in [-0.4, -0.2) is 18.2 Å². The SMILES string of the molecule is O=c1cc(-c2cc3cc(Cl)ccc3oc2=O)c2ccc3c(c2o1)CN(CCCc1ccccc1)CO3. The van der Waals surface area contributed by atoms with E-state index in [4.69, 9.17) is 25.2 Å². The molecule has 5 aromatic rings. The molecule has 0 bridgehead atoms. The van der Waals surface area contributed by atoms with Crippen molar-refractivity contribution in [2.24, 2.45) is 0 Å². The van der Waals surface area contributed by atoms with Crippen LogP contribution in [0.1, 0.15) is 17.5 Å². The Morgan fingerprint density at radius 2 is 1.75 bits per heavy atom. The Hall–Kier alpha value is -3.87. The fourth-order valence-electron chi connectivity index (χ4n) is 4.78. The Kier molecular flexibility index (Phi) is 5.83. The summed E-state index contributed by atoms with van der Waals surface area (Å²) in [6.45, 7) is 1.88. The minimum absolute atomic E-state index is 0.277. The average molecular weight is 500 g/mol. The summed E-state index contributed by atoms with van der Waals surface area (Å²) in [5.41, 5.74) is 2.61. The van der Waals surface area contributed by atoms with Crippen LogP contribution in [0.15, 0.2) is 91.2 Å². The molecule has 0 radical (unpaired) electrons. The van der Waals surface area contributed by atoms with Crippen molar-refractivity contribution in [2.75, 3.05) is 13.3 Å². The number of ether oxygens (including phenoxy) is 1. The lowest BCUT2D eigenvalue weighted by Gasteiger charge is -2.29. The molecule has 3 heterocycles. The molecule has 2 aromatic heterocycles.